The van der Waals surface area contributed by atoms with E-state index in [9.17, 15) is 4.79 Å². The molecule has 78 valence electrons. The van der Waals surface area contributed by atoms with Gasteiger partial charge in [0.05, 0.1) is 6.20 Å². The van der Waals surface area contributed by atoms with E-state index in [4.69, 9.17) is 10.8 Å². The van der Waals surface area contributed by atoms with Gasteiger partial charge in [-0.25, -0.2) is 0 Å². The van der Waals surface area contributed by atoms with Gasteiger partial charge in [0.25, 0.3) is 0 Å². The zero-order chi connectivity index (χ0) is 10.6. The van der Waals surface area contributed by atoms with Crippen molar-refractivity contribution in [1.29, 1.82) is 0 Å². The Kier molecular flexibility index (Phi) is 3.64. The van der Waals surface area contributed by atoms with Crippen molar-refractivity contribution in [2.45, 2.75) is 31.7 Å². The van der Waals surface area contributed by atoms with Gasteiger partial charge in [0, 0.05) is 12.1 Å². The first-order valence-electron chi connectivity index (χ1n) is 4.63. The van der Waals surface area contributed by atoms with Crippen molar-refractivity contribution >= 4 is 5.97 Å². The van der Waals surface area contributed by atoms with Gasteiger partial charge in [-0.3, -0.25) is 9.89 Å². The van der Waals surface area contributed by atoms with Crippen LogP contribution in [0.3, 0.4) is 0 Å². The molecule has 0 aromatic carbocycles. The average Bonchev–Trinajstić information content (AvgIpc) is 2.65. The summed E-state index contributed by atoms with van der Waals surface area (Å²) in [5.74, 6) is -1.12. The van der Waals surface area contributed by atoms with E-state index in [0.717, 1.165) is 18.4 Å². The lowest BCUT2D eigenvalue weighted by atomic mass is 9.90. The second kappa shape index (κ2) is 4.76. The molecular weight excluding hydrogens is 182 g/mol. The van der Waals surface area contributed by atoms with Crippen LogP contribution in [0, 0.1) is 0 Å². The highest BCUT2D eigenvalue weighted by molar-refractivity contribution is 5.74. The van der Waals surface area contributed by atoms with Crippen LogP contribution in [-0.2, 0) is 4.79 Å². The molecule has 0 spiro atoms. The number of H-pyrrole nitrogens is 1. The third-order valence-corrected chi connectivity index (χ3v) is 2.27. The fraction of sp³-hybridized carbons (Fsp3) is 0.556. The summed E-state index contributed by atoms with van der Waals surface area (Å²) in [5, 5.41) is 15.3. The zero-order valence-electron chi connectivity index (χ0n) is 8.10. The van der Waals surface area contributed by atoms with Crippen LogP contribution in [0.4, 0.5) is 0 Å². The maximum Gasteiger partial charge on any atom is 0.321 e. The van der Waals surface area contributed by atoms with Gasteiger partial charge in [0.2, 0.25) is 0 Å². The van der Waals surface area contributed by atoms with E-state index < -0.39 is 12.0 Å². The fourth-order valence-electron chi connectivity index (χ4n) is 1.50. The van der Waals surface area contributed by atoms with Crippen LogP contribution in [-0.4, -0.2) is 27.3 Å². The minimum atomic E-state index is -0.968. The largest absolute Gasteiger partial charge is 0.480 e. The van der Waals surface area contributed by atoms with Crippen LogP contribution in [0.5, 0.6) is 0 Å². The van der Waals surface area contributed by atoms with Crippen LogP contribution in [0.25, 0.3) is 0 Å². The smallest absolute Gasteiger partial charge is 0.321 e. The normalized spacial score (nSPS) is 15.0. The first-order valence-corrected chi connectivity index (χ1v) is 4.63. The molecule has 0 fully saturated rings. The summed E-state index contributed by atoms with van der Waals surface area (Å²) >= 11 is 0. The number of nitrogens with two attached hydrogens (primary N) is 1. The molecule has 5 heteroatoms. The molecular formula is C9H15N3O2. The number of aromatic nitrogens is 2. The molecule has 2 unspecified atom stereocenters. The summed E-state index contributed by atoms with van der Waals surface area (Å²) in [5.41, 5.74) is 6.46. The van der Waals surface area contributed by atoms with Gasteiger partial charge < -0.3 is 10.8 Å². The maximum absolute atomic E-state index is 10.8. The maximum atomic E-state index is 10.8. The lowest BCUT2D eigenvalue weighted by Crippen LogP contribution is -2.36. The van der Waals surface area contributed by atoms with E-state index in [1.54, 1.807) is 12.4 Å². The fourth-order valence-corrected chi connectivity index (χ4v) is 1.50. The summed E-state index contributed by atoms with van der Waals surface area (Å²) in [7, 11) is 0. The molecule has 0 saturated carbocycles. The number of rotatable bonds is 5. The van der Waals surface area contributed by atoms with Gasteiger partial charge in [0.15, 0.2) is 0 Å². The average molecular weight is 197 g/mol. The van der Waals surface area contributed by atoms with E-state index in [2.05, 4.69) is 10.2 Å². The Balaban J connectivity index is 2.79. The van der Waals surface area contributed by atoms with Crippen LogP contribution in [0.2, 0.25) is 0 Å². The molecule has 0 aliphatic carbocycles. The Labute approximate surface area is 82.3 Å². The van der Waals surface area contributed by atoms with Gasteiger partial charge in [-0.1, -0.05) is 13.3 Å². The van der Waals surface area contributed by atoms with Crippen molar-refractivity contribution in [3.63, 3.8) is 0 Å². The standard InChI is InChI=1S/C9H15N3O2/c1-2-3-7(8(10)9(13)14)6-4-11-12-5-6/h4-5,7-8H,2-3,10H2,1H3,(H,11,12)(H,13,14). The summed E-state index contributed by atoms with van der Waals surface area (Å²) < 4.78 is 0. The molecule has 0 radical (unpaired) electrons. The van der Waals surface area contributed by atoms with Crippen molar-refractivity contribution in [3.8, 4) is 0 Å². The van der Waals surface area contributed by atoms with E-state index in [1.165, 1.54) is 0 Å². The Hall–Kier alpha value is -1.36. The van der Waals surface area contributed by atoms with Crippen LogP contribution < -0.4 is 5.73 Å². The monoisotopic (exact) mass is 197 g/mol. The number of nitrogens with zero attached hydrogens (tertiary/aromatic N) is 1. The molecule has 0 aliphatic heterocycles. The molecule has 14 heavy (non-hydrogen) atoms. The number of carboxylic acid groups (broad SMARTS) is 1. The second-order valence-corrected chi connectivity index (χ2v) is 3.29. The molecule has 1 rings (SSSR count). The van der Waals surface area contributed by atoms with Crippen molar-refractivity contribution in [2.75, 3.05) is 0 Å². The van der Waals surface area contributed by atoms with Gasteiger partial charge in [0.1, 0.15) is 6.04 Å². The van der Waals surface area contributed by atoms with Gasteiger partial charge >= 0.3 is 5.97 Å². The molecule has 0 amide bonds. The zero-order valence-corrected chi connectivity index (χ0v) is 8.10. The number of aliphatic carboxylic acids is 1. The molecule has 4 N–H and O–H groups in total. The molecule has 0 saturated heterocycles. The van der Waals surface area contributed by atoms with Crippen LogP contribution >= 0.6 is 0 Å². The van der Waals surface area contributed by atoms with Gasteiger partial charge in [-0.05, 0) is 12.0 Å². The lowest BCUT2D eigenvalue weighted by molar-refractivity contribution is -0.139. The molecule has 0 aliphatic rings. The highest BCUT2D eigenvalue weighted by atomic mass is 16.4. The molecule has 5 nitrogen and oxygen atoms in total. The number of hydrogen-bond donors (Lipinski definition) is 3. The summed E-state index contributed by atoms with van der Waals surface area (Å²) in [4.78, 5) is 10.8. The Morgan fingerprint density at radius 2 is 2.50 bits per heavy atom. The van der Waals surface area contributed by atoms with Gasteiger partial charge in [-0.2, -0.15) is 5.10 Å². The molecule has 2 atom stereocenters. The number of nitrogens with one attached hydrogen (secondary N) is 1. The minimum absolute atomic E-state index is 0.156. The highest BCUT2D eigenvalue weighted by Gasteiger charge is 2.25. The first-order chi connectivity index (χ1) is 6.66. The molecule has 1 heterocycles. The van der Waals surface area contributed by atoms with Gasteiger partial charge in [-0.15, -0.1) is 0 Å². The Morgan fingerprint density at radius 3 is 2.93 bits per heavy atom. The Morgan fingerprint density at radius 1 is 1.79 bits per heavy atom. The molecule has 0 bridgehead atoms. The number of aromatic amines is 1. The van der Waals surface area contributed by atoms with Crippen molar-refractivity contribution in [3.05, 3.63) is 18.0 Å². The number of carbonyl (C=O) groups is 1. The van der Waals surface area contributed by atoms with E-state index in [0.29, 0.717) is 0 Å². The van der Waals surface area contributed by atoms with E-state index in [-0.39, 0.29) is 5.92 Å². The predicted octanol–water partition coefficient (Wildman–Crippen LogP) is 0.705. The van der Waals surface area contributed by atoms with Crippen LogP contribution in [0.15, 0.2) is 12.4 Å². The third kappa shape index (κ3) is 2.32. The Bertz CT molecular complexity index is 284. The van der Waals surface area contributed by atoms with Crippen molar-refractivity contribution in [1.82, 2.24) is 10.2 Å². The summed E-state index contributed by atoms with van der Waals surface area (Å²) in [6.45, 7) is 2.00. The number of carboxylic acids is 1. The highest BCUT2D eigenvalue weighted by Crippen LogP contribution is 2.23. The molecule has 1 aromatic heterocycles. The van der Waals surface area contributed by atoms with Crippen molar-refractivity contribution < 1.29 is 9.90 Å². The first kappa shape index (κ1) is 10.7. The predicted molar refractivity (Wildman–Crippen MR) is 51.8 cm³/mol. The third-order valence-electron chi connectivity index (χ3n) is 2.27. The van der Waals surface area contributed by atoms with E-state index in [1.807, 2.05) is 6.92 Å². The van der Waals surface area contributed by atoms with Crippen molar-refractivity contribution in [2.24, 2.45) is 5.73 Å². The minimum Gasteiger partial charge on any atom is -0.480 e. The van der Waals surface area contributed by atoms with Crippen LogP contribution in [0.1, 0.15) is 31.2 Å². The topological polar surface area (TPSA) is 92.0 Å². The quantitative estimate of drug-likeness (QED) is 0.648. The second-order valence-electron chi connectivity index (χ2n) is 3.29. The van der Waals surface area contributed by atoms with E-state index >= 15 is 0 Å². The lowest BCUT2D eigenvalue weighted by Gasteiger charge is -2.18. The summed E-state index contributed by atoms with van der Waals surface area (Å²) in [6.07, 6.45) is 4.98. The SMILES string of the molecule is CCCC(c1cn[nH]c1)C(N)C(=O)O. The molecule has 1 aromatic rings. The number of hydrogen-bond acceptors (Lipinski definition) is 3. The summed E-state index contributed by atoms with van der Waals surface area (Å²) in [6, 6.07) is -0.854.